The number of hydrogen-bond acceptors (Lipinski definition) is 6. The van der Waals surface area contributed by atoms with Crippen LogP contribution < -0.4 is 5.32 Å². The number of sulfonamides is 1. The van der Waals surface area contributed by atoms with Crippen LogP contribution in [0.4, 0.5) is 10.5 Å². The first kappa shape index (κ1) is 21.5. The van der Waals surface area contributed by atoms with Crippen LogP contribution in [0.25, 0.3) is 0 Å². The zero-order valence-corrected chi connectivity index (χ0v) is 17.6. The number of nitro groups is 1. The molecule has 1 aromatic rings. The maximum Gasteiger partial charge on any atom is 0.407 e. The monoisotopic (exact) mass is 425 g/mol. The number of alkyl carbamates (subject to hydrolysis) is 1. The number of carbonyl (C=O) groups excluding carboxylic acids is 1. The molecule has 2 atom stereocenters. The minimum Gasteiger partial charge on any atom is -0.444 e. The standard InChI is InChI=1S/C19H27N3O6S/c1-19(2,3)28-18(23)20-14-10-8-13(9-11-14)16-12-21(16)29(26,27)17-7-5-4-6-15(17)22(24)25/h4-7,13-14,16H,8-12H2,1-3H3,(H,20,23)/t13?,14?,16-,21?/m0/s1. The first-order valence-corrected chi connectivity index (χ1v) is 11.2. The summed E-state index contributed by atoms with van der Waals surface area (Å²) < 4.78 is 32.4. The molecule has 0 aromatic heterocycles. The van der Waals surface area contributed by atoms with Crippen molar-refractivity contribution in [2.45, 2.75) is 69.0 Å². The molecule has 1 unspecified atom stereocenters. The number of hydrogen-bond donors (Lipinski definition) is 1. The molecule has 1 saturated carbocycles. The molecule has 2 fully saturated rings. The summed E-state index contributed by atoms with van der Waals surface area (Å²) in [5.41, 5.74) is -0.951. The van der Waals surface area contributed by atoms with Crippen LogP contribution in [-0.2, 0) is 14.8 Å². The number of nitro benzene ring substituents is 1. The number of nitrogens with one attached hydrogen (secondary N) is 1. The van der Waals surface area contributed by atoms with Gasteiger partial charge in [-0.25, -0.2) is 13.2 Å². The van der Waals surface area contributed by atoms with Crippen LogP contribution in [0.1, 0.15) is 46.5 Å². The normalized spacial score (nSPS) is 27.1. The van der Waals surface area contributed by atoms with Crippen molar-refractivity contribution >= 4 is 21.8 Å². The van der Waals surface area contributed by atoms with Crippen LogP contribution in [0, 0.1) is 16.0 Å². The summed E-state index contributed by atoms with van der Waals surface area (Å²) in [5, 5.41) is 14.1. The number of para-hydroxylation sites is 1. The van der Waals surface area contributed by atoms with Crippen LogP contribution in [0.5, 0.6) is 0 Å². The topological polar surface area (TPSA) is 119 Å². The third-order valence-corrected chi connectivity index (χ3v) is 7.23. The Morgan fingerprint density at radius 1 is 1.21 bits per heavy atom. The molecule has 1 heterocycles. The third-order valence-electron chi connectivity index (χ3n) is 5.29. The molecule has 29 heavy (non-hydrogen) atoms. The quantitative estimate of drug-likeness (QED) is 0.440. The molecule has 1 aliphatic heterocycles. The highest BCUT2D eigenvalue weighted by Crippen LogP contribution is 2.41. The minimum atomic E-state index is -3.89. The zero-order chi connectivity index (χ0) is 21.4. The van der Waals surface area contributed by atoms with Crippen LogP contribution >= 0.6 is 0 Å². The molecule has 160 valence electrons. The Morgan fingerprint density at radius 3 is 2.41 bits per heavy atom. The van der Waals surface area contributed by atoms with Gasteiger partial charge in [0.2, 0.25) is 10.0 Å². The number of carbonyl (C=O) groups is 1. The zero-order valence-electron chi connectivity index (χ0n) is 16.8. The molecule has 1 aliphatic carbocycles. The predicted octanol–water partition coefficient (Wildman–Crippen LogP) is 3.05. The SMILES string of the molecule is CC(C)(C)OC(=O)NC1CCC([C@@H]2CN2S(=O)(=O)c2ccccc2[N+](=O)[O-])CC1. The van der Waals surface area contributed by atoms with Crippen molar-refractivity contribution in [1.82, 2.24) is 9.62 Å². The van der Waals surface area contributed by atoms with Gasteiger partial charge in [0.1, 0.15) is 5.60 Å². The average molecular weight is 426 g/mol. The largest absolute Gasteiger partial charge is 0.444 e. The van der Waals surface area contributed by atoms with Gasteiger partial charge >= 0.3 is 6.09 Å². The van der Waals surface area contributed by atoms with E-state index in [4.69, 9.17) is 4.74 Å². The molecule has 9 nitrogen and oxygen atoms in total. The van der Waals surface area contributed by atoms with Gasteiger partial charge in [-0.2, -0.15) is 4.31 Å². The lowest BCUT2D eigenvalue weighted by Gasteiger charge is -2.30. The van der Waals surface area contributed by atoms with Crippen LogP contribution in [-0.4, -0.2) is 48.0 Å². The summed E-state index contributed by atoms with van der Waals surface area (Å²) in [7, 11) is -3.89. The molecule has 1 amide bonds. The Bertz CT molecular complexity index is 887. The van der Waals surface area contributed by atoms with Crippen LogP contribution in [0.3, 0.4) is 0 Å². The lowest BCUT2D eigenvalue weighted by molar-refractivity contribution is -0.387. The molecular formula is C19H27N3O6S. The Hall–Kier alpha value is -2.20. The number of rotatable bonds is 5. The van der Waals surface area contributed by atoms with E-state index in [2.05, 4.69) is 5.32 Å². The predicted molar refractivity (Wildman–Crippen MR) is 106 cm³/mol. The van der Waals surface area contributed by atoms with Crippen molar-refractivity contribution in [3.8, 4) is 0 Å². The van der Waals surface area contributed by atoms with Crippen molar-refractivity contribution in [3.63, 3.8) is 0 Å². The second kappa shape index (κ2) is 7.91. The minimum absolute atomic E-state index is 0.0140. The fraction of sp³-hybridized carbons (Fsp3) is 0.632. The maximum atomic E-state index is 12.9. The van der Waals surface area contributed by atoms with Gasteiger partial charge in [0.05, 0.1) is 4.92 Å². The molecule has 10 heteroatoms. The van der Waals surface area contributed by atoms with Gasteiger partial charge in [-0.3, -0.25) is 10.1 Å². The highest BCUT2D eigenvalue weighted by atomic mass is 32.2. The van der Waals surface area contributed by atoms with Gasteiger partial charge in [-0.1, -0.05) is 12.1 Å². The summed E-state index contributed by atoms with van der Waals surface area (Å²) >= 11 is 0. The van der Waals surface area contributed by atoms with Crippen molar-refractivity contribution in [2.75, 3.05) is 6.54 Å². The molecule has 2 aliphatic rings. The lowest BCUT2D eigenvalue weighted by atomic mass is 9.84. The van der Waals surface area contributed by atoms with Gasteiger partial charge < -0.3 is 10.1 Å². The molecule has 1 saturated heterocycles. The van der Waals surface area contributed by atoms with Gasteiger partial charge in [0.15, 0.2) is 4.90 Å². The van der Waals surface area contributed by atoms with E-state index in [0.29, 0.717) is 6.54 Å². The molecule has 1 N–H and O–H groups in total. The molecule has 0 bridgehead atoms. The summed E-state index contributed by atoms with van der Waals surface area (Å²) in [5.74, 6) is 0.184. The average Bonchev–Trinajstić information content (AvgIpc) is 3.42. The first-order chi connectivity index (χ1) is 13.5. The Morgan fingerprint density at radius 2 is 1.83 bits per heavy atom. The fourth-order valence-corrected chi connectivity index (χ4v) is 5.66. The van der Waals surface area contributed by atoms with Crippen molar-refractivity contribution in [3.05, 3.63) is 34.4 Å². The molecular weight excluding hydrogens is 398 g/mol. The van der Waals surface area contributed by atoms with Gasteiger partial charge in [-0.15, -0.1) is 0 Å². The second-order valence-corrected chi connectivity index (χ2v) is 10.5. The van der Waals surface area contributed by atoms with Gasteiger partial charge in [0, 0.05) is 24.7 Å². The van der Waals surface area contributed by atoms with Crippen molar-refractivity contribution in [2.24, 2.45) is 5.92 Å². The van der Waals surface area contributed by atoms with Gasteiger partial charge in [-0.05, 0) is 58.4 Å². The van der Waals surface area contributed by atoms with Crippen LogP contribution in [0.2, 0.25) is 0 Å². The molecule has 3 rings (SSSR count). The first-order valence-electron chi connectivity index (χ1n) is 9.74. The summed E-state index contributed by atoms with van der Waals surface area (Å²) in [6.45, 7) is 5.80. The Balaban J connectivity index is 1.57. The summed E-state index contributed by atoms with van der Waals surface area (Å²) in [4.78, 5) is 22.2. The highest BCUT2D eigenvalue weighted by Gasteiger charge is 2.50. The molecule has 0 radical (unpaired) electrons. The maximum absolute atomic E-state index is 12.9. The van der Waals surface area contributed by atoms with E-state index in [1.165, 1.54) is 28.6 Å². The van der Waals surface area contributed by atoms with E-state index in [0.717, 1.165) is 25.7 Å². The Kier molecular flexibility index (Phi) is 5.86. The molecule has 1 aromatic carbocycles. The van der Waals surface area contributed by atoms with Crippen molar-refractivity contribution < 1.29 is 22.9 Å². The highest BCUT2D eigenvalue weighted by molar-refractivity contribution is 7.89. The van der Waals surface area contributed by atoms with E-state index in [9.17, 15) is 23.3 Å². The second-order valence-electron chi connectivity index (χ2n) is 8.62. The van der Waals surface area contributed by atoms with Gasteiger partial charge in [0.25, 0.3) is 5.69 Å². The van der Waals surface area contributed by atoms with E-state index in [1.807, 2.05) is 20.8 Å². The van der Waals surface area contributed by atoms with E-state index >= 15 is 0 Å². The fourth-order valence-electron chi connectivity index (χ4n) is 3.87. The number of nitrogens with zero attached hydrogens (tertiary/aromatic N) is 2. The lowest BCUT2D eigenvalue weighted by Crippen LogP contribution is -2.41. The smallest absolute Gasteiger partial charge is 0.407 e. The van der Waals surface area contributed by atoms with E-state index in [1.54, 1.807) is 0 Å². The number of ether oxygens (including phenoxy) is 1. The number of benzene rings is 1. The van der Waals surface area contributed by atoms with E-state index in [-0.39, 0.29) is 22.9 Å². The molecule has 0 spiro atoms. The number of amides is 1. The van der Waals surface area contributed by atoms with Crippen molar-refractivity contribution in [1.29, 1.82) is 0 Å². The Labute approximate surface area is 170 Å². The van der Waals surface area contributed by atoms with Crippen LogP contribution in [0.15, 0.2) is 29.2 Å². The van der Waals surface area contributed by atoms with E-state index < -0.39 is 32.3 Å². The summed E-state index contributed by atoms with van der Waals surface area (Å²) in [6.07, 6.45) is 2.63. The third kappa shape index (κ3) is 5.05. The summed E-state index contributed by atoms with van der Waals surface area (Å²) in [6, 6.07) is 5.31.